The first kappa shape index (κ1) is 12.8. The molecule has 0 aromatic carbocycles. The third-order valence-corrected chi connectivity index (χ3v) is 2.24. The lowest BCUT2D eigenvalue weighted by atomic mass is 10.2. The van der Waals surface area contributed by atoms with Crippen LogP contribution in [0.2, 0.25) is 0 Å². The SMILES string of the molecule is CCC(CC)OC(=O)CCCCCl. The Morgan fingerprint density at radius 3 is 2.38 bits per heavy atom. The van der Waals surface area contributed by atoms with Gasteiger partial charge in [-0.05, 0) is 25.7 Å². The van der Waals surface area contributed by atoms with Gasteiger partial charge >= 0.3 is 5.97 Å². The van der Waals surface area contributed by atoms with Crippen molar-refractivity contribution in [1.82, 2.24) is 0 Å². The second-order valence-electron chi connectivity index (χ2n) is 3.07. The summed E-state index contributed by atoms with van der Waals surface area (Å²) < 4.78 is 5.21. The summed E-state index contributed by atoms with van der Waals surface area (Å²) in [5.41, 5.74) is 0. The van der Waals surface area contributed by atoms with Gasteiger partial charge in [0, 0.05) is 12.3 Å². The highest BCUT2D eigenvalue weighted by Gasteiger charge is 2.09. The third-order valence-electron chi connectivity index (χ3n) is 1.97. The van der Waals surface area contributed by atoms with Gasteiger partial charge in [0.2, 0.25) is 0 Å². The van der Waals surface area contributed by atoms with Crippen LogP contribution in [0.15, 0.2) is 0 Å². The maximum Gasteiger partial charge on any atom is 0.306 e. The van der Waals surface area contributed by atoms with Gasteiger partial charge < -0.3 is 4.74 Å². The summed E-state index contributed by atoms with van der Waals surface area (Å²) in [4.78, 5) is 11.2. The zero-order valence-electron chi connectivity index (χ0n) is 8.51. The number of halogens is 1. The van der Waals surface area contributed by atoms with Crippen molar-refractivity contribution in [3.8, 4) is 0 Å². The van der Waals surface area contributed by atoms with Crippen LogP contribution in [0.25, 0.3) is 0 Å². The maximum atomic E-state index is 11.2. The summed E-state index contributed by atoms with van der Waals surface area (Å²) in [6.45, 7) is 4.06. The van der Waals surface area contributed by atoms with Gasteiger partial charge in [0.05, 0.1) is 0 Å². The average molecular weight is 207 g/mol. The Hall–Kier alpha value is -0.240. The molecule has 0 aliphatic rings. The molecule has 0 unspecified atom stereocenters. The van der Waals surface area contributed by atoms with E-state index >= 15 is 0 Å². The molecule has 2 nitrogen and oxygen atoms in total. The molecule has 0 saturated heterocycles. The molecule has 13 heavy (non-hydrogen) atoms. The molecule has 0 atom stereocenters. The number of carbonyl (C=O) groups is 1. The van der Waals surface area contributed by atoms with Crippen LogP contribution in [-0.4, -0.2) is 18.0 Å². The Morgan fingerprint density at radius 1 is 1.31 bits per heavy atom. The normalized spacial score (nSPS) is 10.5. The van der Waals surface area contributed by atoms with Crippen molar-refractivity contribution in [3.05, 3.63) is 0 Å². The van der Waals surface area contributed by atoms with E-state index in [0.717, 1.165) is 25.7 Å². The minimum Gasteiger partial charge on any atom is -0.462 e. The number of unbranched alkanes of at least 4 members (excludes halogenated alkanes) is 1. The Balaban J connectivity index is 3.48. The monoisotopic (exact) mass is 206 g/mol. The van der Waals surface area contributed by atoms with E-state index in [1.54, 1.807) is 0 Å². The number of ether oxygens (including phenoxy) is 1. The second kappa shape index (κ2) is 8.36. The van der Waals surface area contributed by atoms with Gasteiger partial charge in [-0.1, -0.05) is 13.8 Å². The molecular weight excluding hydrogens is 188 g/mol. The van der Waals surface area contributed by atoms with E-state index in [9.17, 15) is 4.79 Å². The van der Waals surface area contributed by atoms with Crippen molar-refractivity contribution < 1.29 is 9.53 Å². The Morgan fingerprint density at radius 2 is 1.92 bits per heavy atom. The minimum atomic E-state index is -0.0844. The van der Waals surface area contributed by atoms with Crippen molar-refractivity contribution in [2.45, 2.75) is 52.1 Å². The summed E-state index contributed by atoms with van der Waals surface area (Å²) in [5.74, 6) is 0.539. The number of rotatable bonds is 7. The lowest BCUT2D eigenvalue weighted by Crippen LogP contribution is -2.16. The van der Waals surface area contributed by atoms with Crippen LogP contribution in [0.3, 0.4) is 0 Å². The molecule has 3 heteroatoms. The van der Waals surface area contributed by atoms with Gasteiger partial charge in [0.25, 0.3) is 0 Å². The van der Waals surface area contributed by atoms with E-state index in [-0.39, 0.29) is 12.1 Å². The summed E-state index contributed by atoms with van der Waals surface area (Å²) in [7, 11) is 0. The molecule has 0 amide bonds. The number of carbonyl (C=O) groups excluding carboxylic acids is 1. The van der Waals surface area contributed by atoms with Crippen molar-refractivity contribution in [3.63, 3.8) is 0 Å². The highest BCUT2D eigenvalue weighted by Crippen LogP contribution is 2.06. The van der Waals surface area contributed by atoms with Crippen LogP contribution in [0, 0.1) is 0 Å². The van der Waals surface area contributed by atoms with Gasteiger partial charge in [-0.2, -0.15) is 0 Å². The predicted molar refractivity (Wildman–Crippen MR) is 55.0 cm³/mol. The molecule has 0 N–H and O–H groups in total. The van der Waals surface area contributed by atoms with E-state index in [0.29, 0.717) is 12.3 Å². The molecule has 0 radical (unpaired) electrons. The lowest BCUT2D eigenvalue weighted by molar-refractivity contribution is -0.149. The van der Waals surface area contributed by atoms with E-state index in [2.05, 4.69) is 0 Å². The molecule has 0 aromatic heterocycles. The van der Waals surface area contributed by atoms with E-state index < -0.39 is 0 Å². The smallest absolute Gasteiger partial charge is 0.306 e. The average Bonchev–Trinajstić information content (AvgIpc) is 2.14. The number of hydrogen-bond acceptors (Lipinski definition) is 2. The van der Waals surface area contributed by atoms with E-state index in [4.69, 9.17) is 16.3 Å². The first-order valence-electron chi connectivity index (χ1n) is 5.00. The molecule has 0 aliphatic carbocycles. The van der Waals surface area contributed by atoms with Gasteiger partial charge in [0.15, 0.2) is 0 Å². The van der Waals surface area contributed by atoms with Gasteiger partial charge in [-0.3, -0.25) is 4.79 Å². The fourth-order valence-electron chi connectivity index (χ4n) is 1.06. The van der Waals surface area contributed by atoms with E-state index in [1.165, 1.54) is 0 Å². The topological polar surface area (TPSA) is 26.3 Å². The standard InChI is InChI=1S/C10H19ClO2/c1-3-9(4-2)13-10(12)7-5-6-8-11/h9H,3-8H2,1-2H3. The summed E-state index contributed by atoms with van der Waals surface area (Å²) in [5, 5.41) is 0. The Kier molecular flexibility index (Phi) is 8.21. The van der Waals surface area contributed by atoms with Crippen molar-refractivity contribution in [2.75, 3.05) is 5.88 Å². The molecule has 0 aromatic rings. The number of hydrogen-bond donors (Lipinski definition) is 0. The third kappa shape index (κ3) is 6.88. The summed E-state index contributed by atoms with van der Waals surface area (Å²) >= 11 is 5.49. The quantitative estimate of drug-likeness (QED) is 0.364. The maximum absolute atomic E-state index is 11.2. The Bertz CT molecular complexity index is 133. The zero-order chi connectivity index (χ0) is 10.1. The molecule has 0 spiro atoms. The molecule has 0 rings (SSSR count). The molecule has 0 heterocycles. The second-order valence-corrected chi connectivity index (χ2v) is 3.45. The fourth-order valence-corrected chi connectivity index (χ4v) is 1.25. The van der Waals surface area contributed by atoms with Crippen LogP contribution in [0.5, 0.6) is 0 Å². The molecular formula is C10H19ClO2. The predicted octanol–water partition coefficient (Wildman–Crippen LogP) is 3.13. The highest BCUT2D eigenvalue weighted by atomic mass is 35.5. The first-order valence-corrected chi connectivity index (χ1v) is 5.53. The van der Waals surface area contributed by atoms with Crippen LogP contribution in [0.1, 0.15) is 46.0 Å². The zero-order valence-corrected chi connectivity index (χ0v) is 9.27. The Labute approximate surface area is 85.6 Å². The first-order chi connectivity index (χ1) is 6.24. The van der Waals surface area contributed by atoms with Gasteiger partial charge in [-0.25, -0.2) is 0 Å². The minimum absolute atomic E-state index is 0.0844. The van der Waals surface area contributed by atoms with Crippen LogP contribution < -0.4 is 0 Å². The molecule has 78 valence electrons. The summed E-state index contributed by atoms with van der Waals surface area (Å²) in [6.07, 6.45) is 4.13. The number of alkyl halides is 1. The van der Waals surface area contributed by atoms with Gasteiger partial charge in [0.1, 0.15) is 6.10 Å². The van der Waals surface area contributed by atoms with Crippen LogP contribution in [0.4, 0.5) is 0 Å². The highest BCUT2D eigenvalue weighted by molar-refractivity contribution is 6.17. The summed E-state index contributed by atoms with van der Waals surface area (Å²) in [6, 6.07) is 0. The largest absolute Gasteiger partial charge is 0.462 e. The van der Waals surface area contributed by atoms with E-state index in [1.807, 2.05) is 13.8 Å². The fraction of sp³-hybridized carbons (Fsp3) is 0.900. The van der Waals surface area contributed by atoms with Crippen LogP contribution in [-0.2, 0) is 9.53 Å². The molecule has 0 fully saturated rings. The van der Waals surface area contributed by atoms with Crippen molar-refractivity contribution >= 4 is 17.6 Å². The number of esters is 1. The van der Waals surface area contributed by atoms with Crippen molar-refractivity contribution in [2.24, 2.45) is 0 Å². The molecule has 0 saturated carbocycles. The lowest BCUT2D eigenvalue weighted by Gasteiger charge is -2.13. The van der Waals surface area contributed by atoms with Gasteiger partial charge in [-0.15, -0.1) is 11.6 Å². The molecule has 0 aliphatic heterocycles. The van der Waals surface area contributed by atoms with Crippen molar-refractivity contribution in [1.29, 1.82) is 0 Å². The molecule has 0 bridgehead atoms. The van der Waals surface area contributed by atoms with Crippen LogP contribution >= 0.6 is 11.6 Å².